The summed E-state index contributed by atoms with van der Waals surface area (Å²) >= 11 is 0. The highest BCUT2D eigenvalue weighted by molar-refractivity contribution is 5.80. The van der Waals surface area contributed by atoms with Crippen molar-refractivity contribution in [3.63, 3.8) is 0 Å². The predicted octanol–water partition coefficient (Wildman–Crippen LogP) is 2.01. The fourth-order valence-electron chi connectivity index (χ4n) is 1.78. The number of nitro groups is 2. The van der Waals surface area contributed by atoms with E-state index < -0.39 is 38.6 Å². The lowest BCUT2D eigenvalue weighted by molar-refractivity contribution is -0.392. The van der Waals surface area contributed by atoms with Crippen LogP contribution in [0.3, 0.4) is 0 Å². The number of aromatic amines is 1. The smallest absolute Gasteiger partial charge is 0.349 e. The van der Waals surface area contributed by atoms with Gasteiger partial charge in [-0.1, -0.05) is 0 Å². The number of tetrazole rings is 1. The number of hydrogen-bond donors (Lipinski definition) is 2. The average molecular weight is 370 g/mol. The van der Waals surface area contributed by atoms with Crippen LogP contribution in [0.4, 0.5) is 30.2 Å². The second-order valence-corrected chi connectivity index (χ2v) is 4.45. The molecule has 2 aromatic rings. The summed E-state index contributed by atoms with van der Waals surface area (Å²) in [7, 11) is 0. The molecule has 0 atom stereocenters. The number of anilines is 1. The summed E-state index contributed by atoms with van der Waals surface area (Å²) < 4.78 is 38.4. The highest BCUT2D eigenvalue weighted by atomic mass is 19.4. The van der Waals surface area contributed by atoms with E-state index in [0.717, 1.165) is 6.20 Å². The van der Waals surface area contributed by atoms with Crippen molar-refractivity contribution in [1.29, 1.82) is 5.26 Å². The summed E-state index contributed by atoms with van der Waals surface area (Å²) in [6, 6.07) is 1.89. The van der Waals surface area contributed by atoms with E-state index in [1.54, 1.807) is 6.07 Å². The standard InChI is InChI=1S/C11H5F3N8O4/c12-11(13,14)6-1-7(21(23)24)9(8(2-6)22(25)26)16-4-5(3-15)10-17-19-20-18-10/h1-2,4,16H,(H,17,18,19,20). The number of nitrogens with zero attached hydrogens (tertiary/aromatic N) is 6. The van der Waals surface area contributed by atoms with Crippen LogP contribution in [0.5, 0.6) is 0 Å². The van der Waals surface area contributed by atoms with Crippen LogP contribution in [0.1, 0.15) is 11.4 Å². The SMILES string of the molecule is N#CC(=CNc1c([N+](=O)[O-])cc(C(F)(F)F)cc1[N+](=O)[O-])c1nn[nH]n1. The molecular formula is C11H5F3N8O4. The summed E-state index contributed by atoms with van der Waals surface area (Å²) in [5, 5.41) is 45.4. The van der Waals surface area contributed by atoms with Gasteiger partial charge in [0.15, 0.2) is 5.69 Å². The summed E-state index contributed by atoms with van der Waals surface area (Å²) in [5.41, 5.74) is -5.14. The number of alkyl halides is 3. The lowest BCUT2D eigenvalue weighted by Gasteiger charge is -2.09. The van der Waals surface area contributed by atoms with E-state index in [9.17, 15) is 33.4 Å². The van der Waals surface area contributed by atoms with Crippen molar-refractivity contribution in [3.8, 4) is 6.07 Å². The van der Waals surface area contributed by atoms with E-state index in [1.807, 2.05) is 0 Å². The molecule has 0 aliphatic heterocycles. The van der Waals surface area contributed by atoms with Crippen LogP contribution in [0.15, 0.2) is 18.3 Å². The zero-order valence-electron chi connectivity index (χ0n) is 12.2. The minimum Gasteiger partial charge on any atom is -0.349 e. The second-order valence-electron chi connectivity index (χ2n) is 4.45. The van der Waals surface area contributed by atoms with Crippen LogP contribution in [0, 0.1) is 31.6 Å². The van der Waals surface area contributed by atoms with Gasteiger partial charge in [-0.2, -0.15) is 23.6 Å². The Morgan fingerprint density at radius 3 is 2.23 bits per heavy atom. The molecule has 1 aromatic heterocycles. The number of nitriles is 1. The molecule has 0 radical (unpaired) electrons. The van der Waals surface area contributed by atoms with Gasteiger partial charge in [-0.25, -0.2) is 0 Å². The number of benzene rings is 1. The quantitative estimate of drug-likeness (QED) is 0.452. The third-order valence-electron chi connectivity index (χ3n) is 2.88. The molecule has 0 fully saturated rings. The molecule has 26 heavy (non-hydrogen) atoms. The molecule has 0 saturated heterocycles. The molecule has 134 valence electrons. The maximum atomic E-state index is 12.8. The Morgan fingerprint density at radius 2 is 1.85 bits per heavy atom. The van der Waals surface area contributed by atoms with Crippen molar-refractivity contribution in [2.24, 2.45) is 0 Å². The maximum Gasteiger partial charge on any atom is 0.416 e. The van der Waals surface area contributed by atoms with Crippen molar-refractivity contribution >= 4 is 22.6 Å². The number of nitro benzene ring substituents is 2. The van der Waals surface area contributed by atoms with Crippen molar-refractivity contribution < 1.29 is 23.0 Å². The first-order valence-corrected chi connectivity index (χ1v) is 6.29. The van der Waals surface area contributed by atoms with Gasteiger partial charge >= 0.3 is 6.18 Å². The number of halogens is 3. The topological polar surface area (TPSA) is 177 Å². The number of allylic oxidation sites excluding steroid dienone is 1. The van der Waals surface area contributed by atoms with Gasteiger partial charge in [0.2, 0.25) is 5.82 Å². The first-order chi connectivity index (χ1) is 12.1. The molecule has 0 aliphatic carbocycles. The van der Waals surface area contributed by atoms with E-state index in [-0.39, 0.29) is 23.5 Å². The second kappa shape index (κ2) is 6.80. The summed E-state index contributed by atoms with van der Waals surface area (Å²) in [4.78, 5) is 19.7. The number of rotatable bonds is 5. The minimum absolute atomic E-state index is 0.142. The molecule has 2 N–H and O–H groups in total. The van der Waals surface area contributed by atoms with Crippen molar-refractivity contribution in [2.75, 3.05) is 5.32 Å². The van der Waals surface area contributed by atoms with Gasteiger partial charge in [-0.05, 0) is 5.21 Å². The van der Waals surface area contributed by atoms with Crippen LogP contribution >= 0.6 is 0 Å². The van der Waals surface area contributed by atoms with Crippen LogP contribution < -0.4 is 5.32 Å². The molecule has 1 heterocycles. The van der Waals surface area contributed by atoms with E-state index in [0.29, 0.717) is 0 Å². The Hall–Kier alpha value is -4.09. The molecule has 15 heteroatoms. The molecule has 0 spiro atoms. The monoisotopic (exact) mass is 370 g/mol. The lowest BCUT2D eigenvalue weighted by atomic mass is 10.1. The van der Waals surface area contributed by atoms with Gasteiger partial charge in [0.25, 0.3) is 11.4 Å². The molecule has 0 aliphatic rings. The molecule has 0 unspecified atom stereocenters. The van der Waals surface area contributed by atoms with E-state index in [2.05, 4.69) is 25.9 Å². The first kappa shape index (κ1) is 18.3. The van der Waals surface area contributed by atoms with Crippen molar-refractivity contribution in [3.05, 3.63) is 49.9 Å². The lowest BCUT2D eigenvalue weighted by Crippen LogP contribution is -2.09. The van der Waals surface area contributed by atoms with E-state index in [4.69, 9.17) is 5.26 Å². The van der Waals surface area contributed by atoms with Crippen molar-refractivity contribution in [2.45, 2.75) is 6.18 Å². The van der Waals surface area contributed by atoms with Gasteiger partial charge < -0.3 is 5.32 Å². The summed E-state index contributed by atoms with van der Waals surface area (Å²) in [6.07, 6.45) is -4.26. The fraction of sp³-hybridized carbons (Fsp3) is 0.0909. The normalized spacial score (nSPS) is 11.7. The molecule has 2 rings (SSSR count). The Bertz CT molecular complexity index is 897. The van der Waals surface area contributed by atoms with Crippen LogP contribution in [-0.2, 0) is 6.18 Å². The predicted molar refractivity (Wildman–Crippen MR) is 76.1 cm³/mol. The minimum atomic E-state index is -5.04. The van der Waals surface area contributed by atoms with Gasteiger partial charge in [0.05, 0.1) is 15.4 Å². The number of nitrogens with one attached hydrogen (secondary N) is 2. The molecule has 0 amide bonds. The van der Waals surface area contributed by atoms with Crippen LogP contribution in [0.2, 0.25) is 0 Å². The fourth-order valence-corrected chi connectivity index (χ4v) is 1.78. The number of aromatic nitrogens is 4. The van der Waals surface area contributed by atoms with Crippen LogP contribution in [0.25, 0.3) is 5.57 Å². The van der Waals surface area contributed by atoms with Gasteiger partial charge in [-0.3, -0.25) is 20.2 Å². The molecule has 0 saturated carbocycles. The molecule has 12 nitrogen and oxygen atoms in total. The first-order valence-electron chi connectivity index (χ1n) is 6.29. The highest BCUT2D eigenvalue weighted by Crippen LogP contribution is 2.41. The Labute approximate surface area is 140 Å². The zero-order valence-corrected chi connectivity index (χ0v) is 12.2. The van der Waals surface area contributed by atoms with Crippen molar-refractivity contribution in [1.82, 2.24) is 20.6 Å². The number of hydrogen-bond acceptors (Lipinski definition) is 9. The summed E-state index contributed by atoms with van der Waals surface area (Å²) in [6.45, 7) is 0. The van der Waals surface area contributed by atoms with Gasteiger partial charge in [0.1, 0.15) is 11.6 Å². The molecular weight excluding hydrogens is 365 g/mol. The zero-order chi connectivity index (χ0) is 19.5. The van der Waals surface area contributed by atoms with Gasteiger partial charge in [0, 0.05) is 18.3 Å². The highest BCUT2D eigenvalue weighted by Gasteiger charge is 2.37. The Balaban J connectivity index is 2.61. The Morgan fingerprint density at radius 1 is 1.27 bits per heavy atom. The van der Waals surface area contributed by atoms with E-state index in [1.165, 1.54) is 0 Å². The Kier molecular flexibility index (Phi) is 4.77. The number of H-pyrrole nitrogens is 1. The van der Waals surface area contributed by atoms with Crippen LogP contribution in [-0.4, -0.2) is 30.5 Å². The average Bonchev–Trinajstić information content (AvgIpc) is 3.08. The van der Waals surface area contributed by atoms with Gasteiger partial charge in [-0.15, -0.1) is 10.2 Å². The van der Waals surface area contributed by atoms with E-state index >= 15 is 0 Å². The third kappa shape index (κ3) is 3.69. The molecule has 0 bridgehead atoms. The third-order valence-corrected chi connectivity index (χ3v) is 2.88. The maximum absolute atomic E-state index is 12.8. The largest absolute Gasteiger partial charge is 0.416 e. The summed E-state index contributed by atoms with van der Waals surface area (Å²) in [5.74, 6) is -0.239. The molecule has 1 aromatic carbocycles.